The quantitative estimate of drug-likeness (QED) is 0.789. The predicted molar refractivity (Wildman–Crippen MR) is 87.2 cm³/mol. The number of hydrogen-bond donors (Lipinski definition) is 2. The SMILES string of the molecule is NC(=S)c1ccccc1S(=O)(=O)Nc1cc(Br)ccc1F. The molecule has 0 aromatic heterocycles. The Hall–Kier alpha value is -1.51. The Kier molecular flexibility index (Phi) is 4.60. The monoisotopic (exact) mass is 388 g/mol. The van der Waals surface area contributed by atoms with E-state index in [4.69, 9.17) is 18.0 Å². The normalized spacial score (nSPS) is 11.1. The van der Waals surface area contributed by atoms with Gasteiger partial charge in [-0.2, -0.15) is 0 Å². The molecule has 21 heavy (non-hydrogen) atoms. The maximum Gasteiger partial charge on any atom is 0.262 e. The van der Waals surface area contributed by atoms with Crippen molar-refractivity contribution >= 4 is 48.8 Å². The van der Waals surface area contributed by atoms with Crippen molar-refractivity contribution < 1.29 is 12.8 Å². The van der Waals surface area contributed by atoms with E-state index >= 15 is 0 Å². The van der Waals surface area contributed by atoms with Crippen LogP contribution in [0.25, 0.3) is 0 Å². The van der Waals surface area contributed by atoms with Crippen LogP contribution in [-0.4, -0.2) is 13.4 Å². The molecule has 0 heterocycles. The summed E-state index contributed by atoms with van der Waals surface area (Å²) >= 11 is 7.99. The van der Waals surface area contributed by atoms with Crippen LogP contribution in [0.2, 0.25) is 0 Å². The minimum atomic E-state index is -4.01. The smallest absolute Gasteiger partial charge is 0.262 e. The highest BCUT2D eigenvalue weighted by Gasteiger charge is 2.20. The fourth-order valence-electron chi connectivity index (χ4n) is 1.68. The van der Waals surface area contributed by atoms with Crippen molar-refractivity contribution in [3.63, 3.8) is 0 Å². The maximum atomic E-state index is 13.7. The average Bonchev–Trinajstić information content (AvgIpc) is 2.42. The zero-order chi connectivity index (χ0) is 15.6. The minimum Gasteiger partial charge on any atom is -0.389 e. The van der Waals surface area contributed by atoms with Gasteiger partial charge in [0.2, 0.25) is 0 Å². The van der Waals surface area contributed by atoms with E-state index in [0.717, 1.165) is 6.07 Å². The predicted octanol–water partition coefficient (Wildman–Crippen LogP) is 3.02. The van der Waals surface area contributed by atoms with Gasteiger partial charge >= 0.3 is 0 Å². The van der Waals surface area contributed by atoms with E-state index < -0.39 is 15.8 Å². The number of nitrogens with one attached hydrogen (secondary N) is 1. The Balaban J connectivity index is 2.49. The second kappa shape index (κ2) is 6.08. The highest BCUT2D eigenvalue weighted by atomic mass is 79.9. The first-order valence-electron chi connectivity index (χ1n) is 5.68. The Morgan fingerprint density at radius 3 is 2.57 bits per heavy atom. The second-order valence-corrected chi connectivity index (χ2v) is 7.10. The zero-order valence-corrected chi connectivity index (χ0v) is 13.7. The molecule has 3 N–H and O–H groups in total. The van der Waals surface area contributed by atoms with E-state index in [9.17, 15) is 12.8 Å². The summed E-state index contributed by atoms with van der Waals surface area (Å²) in [4.78, 5) is -0.150. The Labute approximate surface area is 135 Å². The zero-order valence-electron chi connectivity index (χ0n) is 10.5. The van der Waals surface area contributed by atoms with Crippen molar-refractivity contribution in [1.29, 1.82) is 0 Å². The summed E-state index contributed by atoms with van der Waals surface area (Å²) in [6, 6.07) is 9.95. The molecule has 0 aliphatic heterocycles. The van der Waals surface area contributed by atoms with E-state index in [2.05, 4.69) is 20.7 Å². The number of rotatable bonds is 4. The summed E-state index contributed by atoms with van der Waals surface area (Å²) in [5.74, 6) is -0.686. The van der Waals surface area contributed by atoms with Gasteiger partial charge in [-0.25, -0.2) is 12.8 Å². The molecule has 0 saturated carbocycles. The molecule has 0 aliphatic carbocycles. The molecule has 0 spiro atoms. The molecule has 0 unspecified atom stereocenters. The van der Waals surface area contributed by atoms with Gasteiger partial charge in [0.15, 0.2) is 0 Å². The molecule has 110 valence electrons. The van der Waals surface area contributed by atoms with Crippen LogP contribution in [0.3, 0.4) is 0 Å². The Morgan fingerprint density at radius 2 is 1.90 bits per heavy atom. The van der Waals surface area contributed by atoms with Crippen LogP contribution >= 0.6 is 28.1 Å². The molecule has 0 atom stereocenters. The van der Waals surface area contributed by atoms with E-state index in [-0.39, 0.29) is 21.1 Å². The number of thiocarbonyl (C=S) groups is 1. The standard InChI is InChI=1S/C13H10BrFN2O2S2/c14-8-5-6-10(15)11(7-8)17-21(18,19)12-4-2-1-3-9(12)13(16)20/h1-7,17H,(H2,16,20). The molecule has 0 fully saturated rings. The summed E-state index contributed by atoms with van der Waals surface area (Å²) in [6.45, 7) is 0. The lowest BCUT2D eigenvalue weighted by atomic mass is 10.2. The topological polar surface area (TPSA) is 72.2 Å². The van der Waals surface area contributed by atoms with Gasteiger partial charge in [-0.05, 0) is 24.3 Å². The lowest BCUT2D eigenvalue weighted by Crippen LogP contribution is -2.20. The summed E-state index contributed by atoms with van der Waals surface area (Å²) in [5, 5.41) is 0. The van der Waals surface area contributed by atoms with Crippen LogP contribution in [0.5, 0.6) is 0 Å². The van der Waals surface area contributed by atoms with Crippen LogP contribution in [0.15, 0.2) is 51.8 Å². The molecule has 0 bridgehead atoms. The third-order valence-electron chi connectivity index (χ3n) is 2.61. The number of anilines is 1. The Morgan fingerprint density at radius 1 is 1.24 bits per heavy atom. The van der Waals surface area contributed by atoms with Crippen molar-refractivity contribution in [2.75, 3.05) is 4.72 Å². The van der Waals surface area contributed by atoms with Gasteiger partial charge in [0, 0.05) is 10.0 Å². The molecule has 0 amide bonds. The van der Waals surface area contributed by atoms with Gasteiger partial charge in [-0.3, -0.25) is 4.72 Å². The molecule has 2 aromatic rings. The van der Waals surface area contributed by atoms with Crippen molar-refractivity contribution in [3.05, 3.63) is 58.3 Å². The van der Waals surface area contributed by atoms with Gasteiger partial charge in [0.1, 0.15) is 10.8 Å². The number of halogens is 2. The largest absolute Gasteiger partial charge is 0.389 e. The van der Waals surface area contributed by atoms with Crippen LogP contribution in [0.1, 0.15) is 5.56 Å². The van der Waals surface area contributed by atoms with Crippen LogP contribution < -0.4 is 10.5 Å². The Bertz CT molecular complexity index is 810. The summed E-state index contributed by atoms with van der Waals surface area (Å²) in [7, 11) is -4.01. The summed E-state index contributed by atoms with van der Waals surface area (Å²) in [5.41, 5.74) is 5.56. The first-order chi connectivity index (χ1) is 9.81. The lowest BCUT2D eigenvalue weighted by molar-refractivity contribution is 0.598. The van der Waals surface area contributed by atoms with Gasteiger partial charge in [0.05, 0.1) is 10.6 Å². The molecular formula is C13H10BrFN2O2S2. The molecule has 4 nitrogen and oxygen atoms in total. The van der Waals surface area contributed by atoms with E-state index in [1.165, 1.54) is 30.3 Å². The fourth-order valence-corrected chi connectivity index (χ4v) is 3.56. The van der Waals surface area contributed by atoms with Crippen LogP contribution in [0, 0.1) is 5.82 Å². The van der Waals surface area contributed by atoms with Crippen molar-refractivity contribution in [3.8, 4) is 0 Å². The van der Waals surface area contributed by atoms with Crippen LogP contribution in [0.4, 0.5) is 10.1 Å². The number of nitrogens with two attached hydrogens (primary N) is 1. The first-order valence-corrected chi connectivity index (χ1v) is 8.36. The summed E-state index contributed by atoms with van der Waals surface area (Å²) in [6.07, 6.45) is 0. The van der Waals surface area contributed by atoms with Gasteiger partial charge in [-0.15, -0.1) is 0 Å². The third-order valence-corrected chi connectivity index (χ3v) is 4.75. The van der Waals surface area contributed by atoms with E-state index in [1.54, 1.807) is 6.07 Å². The van der Waals surface area contributed by atoms with E-state index in [0.29, 0.717) is 4.47 Å². The molecule has 0 aliphatic rings. The van der Waals surface area contributed by atoms with Gasteiger partial charge in [-0.1, -0.05) is 46.3 Å². The van der Waals surface area contributed by atoms with Gasteiger partial charge < -0.3 is 5.73 Å². The average molecular weight is 389 g/mol. The molecular weight excluding hydrogens is 379 g/mol. The highest BCUT2D eigenvalue weighted by molar-refractivity contribution is 9.10. The number of sulfonamides is 1. The number of hydrogen-bond acceptors (Lipinski definition) is 3. The third kappa shape index (κ3) is 3.58. The molecule has 8 heteroatoms. The van der Waals surface area contributed by atoms with Crippen molar-refractivity contribution in [2.45, 2.75) is 4.90 Å². The first kappa shape index (κ1) is 15.9. The van der Waals surface area contributed by atoms with Gasteiger partial charge in [0.25, 0.3) is 10.0 Å². The fraction of sp³-hybridized carbons (Fsp3) is 0. The minimum absolute atomic E-state index is 0.0503. The van der Waals surface area contributed by atoms with Crippen molar-refractivity contribution in [1.82, 2.24) is 0 Å². The number of benzene rings is 2. The maximum absolute atomic E-state index is 13.7. The molecule has 2 aromatic carbocycles. The molecule has 2 rings (SSSR count). The second-order valence-electron chi connectivity index (χ2n) is 4.09. The highest BCUT2D eigenvalue weighted by Crippen LogP contribution is 2.24. The summed E-state index contributed by atoms with van der Waals surface area (Å²) < 4.78 is 41.2. The lowest BCUT2D eigenvalue weighted by Gasteiger charge is -2.12. The molecule has 0 radical (unpaired) electrons. The van der Waals surface area contributed by atoms with E-state index in [1.807, 2.05) is 0 Å². The van der Waals surface area contributed by atoms with Crippen molar-refractivity contribution in [2.24, 2.45) is 5.73 Å². The van der Waals surface area contributed by atoms with Crippen LogP contribution in [-0.2, 0) is 10.0 Å². The molecule has 0 saturated heterocycles.